The predicted octanol–water partition coefficient (Wildman–Crippen LogP) is 0.904. The summed E-state index contributed by atoms with van der Waals surface area (Å²) in [4.78, 5) is 1.28. The van der Waals surface area contributed by atoms with Crippen molar-refractivity contribution in [3.63, 3.8) is 0 Å². The van der Waals surface area contributed by atoms with Crippen LogP contribution in [0.15, 0.2) is 0 Å². The molecule has 1 N–H and O–H groups in total. The van der Waals surface area contributed by atoms with Crippen LogP contribution in [0.5, 0.6) is 0 Å². The van der Waals surface area contributed by atoms with Gasteiger partial charge in [-0.15, -0.1) is 0 Å². The van der Waals surface area contributed by atoms with Crippen LogP contribution in [0.2, 0.25) is 0 Å². The number of nitrogens with one attached hydrogen (secondary N) is 1. The highest BCUT2D eigenvalue weighted by Gasteiger charge is 2.42. The third-order valence-corrected chi connectivity index (χ3v) is 5.72. The Kier molecular flexibility index (Phi) is 6.67. The number of morpholine rings is 1. The average Bonchev–Trinajstić information content (AvgIpc) is 2.31. The standard InChI is InChI=1S/C11H24NO4P/c1-4-11(12-7-9-14-10-8-12)17(13,15-5-2)16-6-3/h11H,4-10H2,1-3H3/p+1/t11-/m1/s1. The first kappa shape index (κ1) is 15.1. The monoisotopic (exact) mass is 266 g/mol. The van der Waals surface area contributed by atoms with E-state index in [1.54, 1.807) is 0 Å². The van der Waals surface area contributed by atoms with Gasteiger partial charge in [0.2, 0.25) is 0 Å². The third kappa shape index (κ3) is 4.04. The van der Waals surface area contributed by atoms with Crippen molar-refractivity contribution in [2.75, 3.05) is 39.5 Å². The fraction of sp³-hybridized carbons (Fsp3) is 1.00. The molecule has 6 heteroatoms. The predicted molar refractivity (Wildman–Crippen MR) is 66.5 cm³/mol. The first-order valence-corrected chi connectivity index (χ1v) is 8.10. The topological polar surface area (TPSA) is 49.2 Å². The van der Waals surface area contributed by atoms with E-state index in [9.17, 15) is 4.57 Å². The summed E-state index contributed by atoms with van der Waals surface area (Å²) in [7, 11) is -2.99. The van der Waals surface area contributed by atoms with Gasteiger partial charge in [0, 0.05) is 6.42 Å². The molecule has 102 valence electrons. The zero-order valence-corrected chi connectivity index (χ0v) is 12.0. The second-order valence-corrected chi connectivity index (χ2v) is 6.29. The van der Waals surface area contributed by atoms with E-state index < -0.39 is 7.60 Å². The van der Waals surface area contributed by atoms with Crippen LogP contribution in [-0.4, -0.2) is 45.3 Å². The molecular weight excluding hydrogens is 241 g/mol. The minimum Gasteiger partial charge on any atom is -0.370 e. The Labute approximate surface area is 104 Å². The van der Waals surface area contributed by atoms with E-state index in [-0.39, 0.29) is 5.78 Å². The molecule has 1 fully saturated rings. The van der Waals surface area contributed by atoms with Crippen molar-refractivity contribution >= 4 is 7.60 Å². The highest BCUT2D eigenvalue weighted by atomic mass is 31.2. The average molecular weight is 266 g/mol. The second kappa shape index (κ2) is 7.49. The summed E-state index contributed by atoms with van der Waals surface area (Å²) < 4.78 is 29.0. The molecule has 1 atom stereocenters. The Morgan fingerprint density at radius 3 is 2.12 bits per heavy atom. The molecule has 0 saturated carbocycles. The van der Waals surface area contributed by atoms with E-state index in [4.69, 9.17) is 13.8 Å². The third-order valence-electron chi connectivity index (χ3n) is 2.99. The molecule has 0 aromatic heterocycles. The van der Waals surface area contributed by atoms with Crippen LogP contribution < -0.4 is 4.90 Å². The van der Waals surface area contributed by atoms with Crippen LogP contribution in [0.4, 0.5) is 0 Å². The molecule has 1 aliphatic heterocycles. The van der Waals surface area contributed by atoms with Crippen molar-refractivity contribution in [1.82, 2.24) is 0 Å². The molecule has 0 amide bonds. The molecule has 0 radical (unpaired) electrons. The van der Waals surface area contributed by atoms with Crippen molar-refractivity contribution in [3.8, 4) is 0 Å². The number of hydrogen-bond donors (Lipinski definition) is 1. The van der Waals surface area contributed by atoms with Crippen LogP contribution in [0.1, 0.15) is 27.2 Å². The summed E-state index contributed by atoms with van der Waals surface area (Å²) in [6.45, 7) is 9.81. The van der Waals surface area contributed by atoms with Crippen LogP contribution in [0, 0.1) is 0 Å². The second-order valence-electron chi connectivity index (χ2n) is 4.07. The Morgan fingerprint density at radius 1 is 1.18 bits per heavy atom. The van der Waals surface area contributed by atoms with Gasteiger partial charge >= 0.3 is 7.60 Å². The lowest BCUT2D eigenvalue weighted by molar-refractivity contribution is -0.920. The lowest BCUT2D eigenvalue weighted by Crippen LogP contribution is -3.17. The molecule has 0 unspecified atom stereocenters. The van der Waals surface area contributed by atoms with Gasteiger partial charge in [-0.25, -0.2) is 0 Å². The zero-order chi connectivity index (χ0) is 12.7. The minimum absolute atomic E-state index is 0.0636. The summed E-state index contributed by atoms with van der Waals surface area (Å²) in [6, 6.07) is 0. The van der Waals surface area contributed by atoms with E-state index in [1.807, 2.05) is 20.8 Å². The van der Waals surface area contributed by atoms with Crippen LogP contribution in [-0.2, 0) is 18.3 Å². The first-order valence-electron chi connectivity index (χ1n) is 6.49. The molecular formula is C11H25NO4P+. The van der Waals surface area contributed by atoms with Crippen molar-refractivity contribution in [2.24, 2.45) is 0 Å². The molecule has 0 spiro atoms. The number of quaternary nitrogens is 1. The Morgan fingerprint density at radius 2 is 1.71 bits per heavy atom. The van der Waals surface area contributed by atoms with Gasteiger partial charge in [0.1, 0.15) is 13.1 Å². The van der Waals surface area contributed by atoms with E-state index in [0.29, 0.717) is 13.2 Å². The molecule has 1 saturated heterocycles. The summed E-state index contributed by atoms with van der Waals surface area (Å²) in [5.41, 5.74) is 0. The molecule has 1 rings (SSSR count). The van der Waals surface area contributed by atoms with Gasteiger partial charge in [-0.05, 0) is 13.8 Å². The maximum Gasteiger partial charge on any atom is 0.387 e. The van der Waals surface area contributed by atoms with Gasteiger partial charge in [0.15, 0.2) is 5.78 Å². The molecule has 0 aromatic carbocycles. The van der Waals surface area contributed by atoms with Gasteiger partial charge in [0.05, 0.1) is 26.4 Å². The minimum atomic E-state index is -2.99. The van der Waals surface area contributed by atoms with Crippen LogP contribution >= 0.6 is 7.60 Å². The summed E-state index contributed by atoms with van der Waals surface area (Å²) in [5.74, 6) is -0.0636. The molecule has 0 bridgehead atoms. The quantitative estimate of drug-likeness (QED) is 0.696. The lowest BCUT2D eigenvalue weighted by atomic mass is 10.3. The van der Waals surface area contributed by atoms with E-state index in [1.165, 1.54) is 4.90 Å². The van der Waals surface area contributed by atoms with E-state index in [2.05, 4.69) is 0 Å². The number of hydrogen-bond acceptors (Lipinski definition) is 4. The summed E-state index contributed by atoms with van der Waals surface area (Å²) in [6.07, 6.45) is 0.798. The normalized spacial score (nSPS) is 20.4. The highest BCUT2D eigenvalue weighted by molar-refractivity contribution is 7.54. The maximum atomic E-state index is 12.7. The molecule has 17 heavy (non-hydrogen) atoms. The summed E-state index contributed by atoms with van der Waals surface area (Å²) in [5, 5.41) is 0. The van der Waals surface area contributed by atoms with Gasteiger partial charge in [0.25, 0.3) is 0 Å². The van der Waals surface area contributed by atoms with Crippen molar-refractivity contribution in [2.45, 2.75) is 33.0 Å². The summed E-state index contributed by atoms with van der Waals surface area (Å²) >= 11 is 0. The number of ether oxygens (including phenoxy) is 1. The first-order chi connectivity index (χ1) is 8.18. The Hall–Kier alpha value is 0.0700. The molecule has 1 aliphatic rings. The van der Waals surface area contributed by atoms with E-state index in [0.717, 1.165) is 32.7 Å². The largest absolute Gasteiger partial charge is 0.387 e. The molecule has 0 aromatic rings. The molecule has 0 aliphatic carbocycles. The fourth-order valence-corrected chi connectivity index (χ4v) is 4.59. The van der Waals surface area contributed by atoms with Crippen LogP contribution in [0.3, 0.4) is 0 Å². The Balaban J connectivity index is 2.75. The Bertz CT molecular complexity index is 246. The SMILES string of the molecule is CCOP(=O)(OCC)[C@H](CC)[NH+]1CCOCC1. The van der Waals surface area contributed by atoms with Gasteiger partial charge in [-0.1, -0.05) is 6.92 Å². The molecule has 5 nitrogen and oxygen atoms in total. The maximum absolute atomic E-state index is 12.7. The van der Waals surface area contributed by atoms with Crippen LogP contribution in [0.25, 0.3) is 0 Å². The van der Waals surface area contributed by atoms with Gasteiger partial charge in [-0.2, -0.15) is 0 Å². The fourth-order valence-electron chi connectivity index (χ4n) is 2.28. The van der Waals surface area contributed by atoms with E-state index >= 15 is 0 Å². The smallest absolute Gasteiger partial charge is 0.370 e. The number of rotatable bonds is 7. The van der Waals surface area contributed by atoms with Crippen molar-refractivity contribution in [1.29, 1.82) is 0 Å². The van der Waals surface area contributed by atoms with Gasteiger partial charge < -0.3 is 18.7 Å². The zero-order valence-electron chi connectivity index (χ0n) is 11.1. The van der Waals surface area contributed by atoms with Crippen molar-refractivity contribution < 1.29 is 23.2 Å². The molecule has 1 heterocycles. The van der Waals surface area contributed by atoms with Gasteiger partial charge in [-0.3, -0.25) is 4.57 Å². The lowest BCUT2D eigenvalue weighted by Gasteiger charge is -2.34. The highest BCUT2D eigenvalue weighted by Crippen LogP contribution is 2.51. The van der Waals surface area contributed by atoms with Crippen molar-refractivity contribution in [3.05, 3.63) is 0 Å².